The average Bonchev–Trinajstić information content (AvgIpc) is 2.47. The number of aromatic nitrogens is 2. The summed E-state index contributed by atoms with van der Waals surface area (Å²) in [5.74, 6) is 0.866. The Morgan fingerprint density at radius 2 is 2.29 bits per heavy atom. The summed E-state index contributed by atoms with van der Waals surface area (Å²) in [6, 6.07) is 1.43. The molecule has 6 heteroatoms. The van der Waals surface area contributed by atoms with Crippen molar-refractivity contribution in [1.82, 2.24) is 9.97 Å². The molecule has 0 saturated carbocycles. The first-order valence-corrected chi connectivity index (χ1v) is 7.54. The van der Waals surface area contributed by atoms with Crippen LogP contribution in [0, 0.1) is 0 Å². The van der Waals surface area contributed by atoms with Crippen molar-refractivity contribution in [3.8, 4) is 5.88 Å². The summed E-state index contributed by atoms with van der Waals surface area (Å²) in [7, 11) is 0. The Bertz CT molecular complexity index is 479. The Balaban J connectivity index is 2.18. The van der Waals surface area contributed by atoms with Gasteiger partial charge in [-0.3, -0.25) is 0 Å². The van der Waals surface area contributed by atoms with E-state index in [1.54, 1.807) is 12.3 Å². The lowest BCUT2D eigenvalue weighted by Gasteiger charge is -2.33. The van der Waals surface area contributed by atoms with Crippen molar-refractivity contribution in [2.24, 2.45) is 0 Å². The van der Waals surface area contributed by atoms with Crippen LogP contribution in [-0.2, 0) is 9.53 Å². The predicted octanol–water partition coefficient (Wildman–Crippen LogP) is 2.19. The van der Waals surface area contributed by atoms with E-state index in [9.17, 15) is 4.79 Å². The maximum Gasteiger partial charge on any atom is 0.328 e. The van der Waals surface area contributed by atoms with E-state index in [0.29, 0.717) is 18.4 Å². The van der Waals surface area contributed by atoms with Crippen LogP contribution in [-0.4, -0.2) is 41.2 Å². The van der Waals surface area contributed by atoms with Crippen molar-refractivity contribution in [3.63, 3.8) is 0 Å². The second-order valence-electron chi connectivity index (χ2n) is 5.32. The number of carbonyl (C=O) groups excluding carboxylic acids is 1. The van der Waals surface area contributed by atoms with Crippen LogP contribution < -0.4 is 9.64 Å². The monoisotopic (exact) mass is 293 g/mol. The Morgan fingerprint density at radius 3 is 3.00 bits per heavy atom. The van der Waals surface area contributed by atoms with Gasteiger partial charge in [0.25, 0.3) is 0 Å². The summed E-state index contributed by atoms with van der Waals surface area (Å²) in [5, 5.41) is 0. The standard InChI is InChI=1S/C15H23N3O3/c1-4-20-14(19)12-7-5-6-10-18(12)15-16-9-8-13(17-15)21-11(2)3/h8-9,11-12H,4-7,10H2,1-3H3. The second kappa shape index (κ2) is 7.24. The van der Waals surface area contributed by atoms with Gasteiger partial charge in [0, 0.05) is 18.8 Å². The molecule has 1 aromatic heterocycles. The molecule has 0 aliphatic carbocycles. The molecule has 1 atom stereocenters. The topological polar surface area (TPSA) is 64.5 Å². The zero-order valence-electron chi connectivity index (χ0n) is 12.9. The number of carbonyl (C=O) groups is 1. The first-order chi connectivity index (χ1) is 10.1. The molecule has 1 aliphatic rings. The van der Waals surface area contributed by atoms with Crippen LogP contribution in [0.2, 0.25) is 0 Å². The Kier molecular flexibility index (Phi) is 5.36. The number of rotatable bonds is 5. The number of ether oxygens (including phenoxy) is 2. The molecule has 1 saturated heterocycles. The molecule has 1 aliphatic heterocycles. The second-order valence-corrected chi connectivity index (χ2v) is 5.32. The lowest BCUT2D eigenvalue weighted by Crippen LogP contribution is -2.46. The summed E-state index contributed by atoms with van der Waals surface area (Å²) in [6.07, 6.45) is 4.53. The molecule has 2 heterocycles. The van der Waals surface area contributed by atoms with Gasteiger partial charge in [0.2, 0.25) is 11.8 Å². The summed E-state index contributed by atoms with van der Waals surface area (Å²) in [4.78, 5) is 22.7. The number of hydrogen-bond acceptors (Lipinski definition) is 6. The van der Waals surface area contributed by atoms with Gasteiger partial charge < -0.3 is 14.4 Å². The highest BCUT2D eigenvalue weighted by Gasteiger charge is 2.31. The van der Waals surface area contributed by atoms with E-state index in [2.05, 4.69) is 9.97 Å². The molecule has 0 radical (unpaired) electrons. The molecule has 21 heavy (non-hydrogen) atoms. The number of nitrogens with zero attached hydrogens (tertiary/aromatic N) is 3. The minimum absolute atomic E-state index is 0.0509. The fourth-order valence-electron chi connectivity index (χ4n) is 2.43. The molecule has 0 aromatic carbocycles. The lowest BCUT2D eigenvalue weighted by atomic mass is 10.0. The van der Waals surface area contributed by atoms with E-state index >= 15 is 0 Å². The highest BCUT2D eigenvalue weighted by molar-refractivity contribution is 5.79. The van der Waals surface area contributed by atoms with Gasteiger partial charge >= 0.3 is 5.97 Å². The van der Waals surface area contributed by atoms with Gasteiger partial charge in [-0.15, -0.1) is 0 Å². The third-order valence-electron chi connectivity index (χ3n) is 3.29. The van der Waals surface area contributed by atoms with Crippen LogP contribution in [0.4, 0.5) is 5.95 Å². The van der Waals surface area contributed by atoms with Gasteiger partial charge in [-0.1, -0.05) is 0 Å². The summed E-state index contributed by atoms with van der Waals surface area (Å²) >= 11 is 0. The molecule has 1 aromatic rings. The van der Waals surface area contributed by atoms with Crippen molar-refractivity contribution < 1.29 is 14.3 Å². The first-order valence-electron chi connectivity index (χ1n) is 7.54. The maximum absolute atomic E-state index is 12.1. The van der Waals surface area contributed by atoms with Crippen molar-refractivity contribution in [2.45, 2.75) is 52.2 Å². The lowest BCUT2D eigenvalue weighted by molar-refractivity contribution is -0.145. The molecule has 0 amide bonds. The van der Waals surface area contributed by atoms with E-state index in [4.69, 9.17) is 9.47 Å². The van der Waals surface area contributed by atoms with Crippen molar-refractivity contribution >= 4 is 11.9 Å². The van der Waals surface area contributed by atoms with Crippen LogP contribution in [0.3, 0.4) is 0 Å². The van der Waals surface area contributed by atoms with E-state index in [-0.39, 0.29) is 18.1 Å². The summed E-state index contributed by atoms with van der Waals surface area (Å²) in [6.45, 7) is 6.86. The largest absolute Gasteiger partial charge is 0.475 e. The zero-order chi connectivity index (χ0) is 15.2. The first kappa shape index (κ1) is 15.5. The molecule has 1 unspecified atom stereocenters. The number of esters is 1. The van der Waals surface area contributed by atoms with Crippen LogP contribution >= 0.6 is 0 Å². The minimum atomic E-state index is -0.298. The third-order valence-corrected chi connectivity index (χ3v) is 3.29. The molecule has 2 rings (SSSR count). The normalized spacial score (nSPS) is 18.7. The van der Waals surface area contributed by atoms with Crippen LogP contribution in [0.15, 0.2) is 12.3 Å². The van der Waals surface area contributed by atoms with Gasteiger partial charge in [0.05, 0.1) is 12.7 Å². The van der Waals surface area contributed by atoms with Gasteiger partial charge in [-0.2, -0.15) is 4.98 Å². The van der Waals surface area contributed by atoms with Crippen LogP contribution in [0.1, 0.15) is 40.0 Å². The Hall–Kier alpha value is -1.85. The molecule has 6 nitrogen and oxygen atoms in total. The van der Waals surface area contributed by atoms with Gasteiger partial charge in [-0.05, 0) is 40.0 Å². The molecule has 0 bridgehead atoms. The van der Waals surface area contributed by atoms with Gasteiger partial charge in [0.15, 0.2) is 0 Å². The van der Waals surface area contributed by atoms with E-state index in [0.717, 1.165) is 25.8 Å². The average molecular weight is 293 g/mol. The smallest absolute Gasteiger partial charge is 0.328 e. The highest BCUT2D eigenvalue weighted by Crippen LogP contribution is 2.24. The fourth-order valence-corrected chi connectivity index (χ4v) is 2.43. The molecule has 116 valence electrons. The quantitative estimate of drug-likeness (QED) is 0.775. The SMILES string of the molecule is CCOC(=O)C1CCCCN1c1nccc(OC(C)C)n1. The van der Waals surface area contributed by atoms with Crippen molar-refractivity contribution in [2.75, 3.05) is 18.1 Å². The predicted molar refractivity (Wildman–Crippen MR) is 79.4 cm³/mol. The van der Waals surface area contributed by atoms with Crippen LogP contribution in [0.25, 0.3) is 0 Å². The third kappa shape index (κ3) is 4.06. The number of piperidine rings is 1. The van der Waals surface area contributed by atoms with Gasteiger partial charge in [-0.25, -0.2) is 9.78 Å². The van der Waals surface area contributed by atoms with E-state index < -0.39 is 0 Å². The Labute approximate surface area is 125 Å². The fraction of sp³-hybridized carbons (Fsp3) is 0.667. The molecular formula is C15H23N3O3. The number of hydrogen-bond donors (Lipinski definition) is 0. The van der Waals surface area contributed by atoms with Crippen molar-refractivity contribution in [1.29, 1.82) is 0 Å². The minimum Gasteiger partial charge on any atom is -0.475 e. The molecule has 1 fully saturated rings. The zero-order valence-corrected chi connectivity index (χ0v) is 12.9. The molecule has 0 spiro atoms. The number of anilines is 1. The van der Waals surface area contributed by atoms with E-state index in [1.807, 2.05) is 25.7 Å². The van der Waals surface area contributed by atoms with Crippen LogP contribution in [0.5, 0.6) is 5.88 Å². The summed E-state index contributed by atoms with van der Waals surface area (Å²) in [5.41, 5.74) is 0. The molecule has 0 N–H and O–H groups in total. The molecular weight excluding hydrogens is 270 g/mol. The van der Waals surface area contributed by atoms with Crippen molar-refractivity contribution in [3.05, 3.63) is 12.3 Å². The van der Waals surface area contributed by atoms with E-state index in [1.165, 1.54) is 0 Å². The summed E-state index contributed by atoms with van der Waals surface area (Å²) < 4.78 is 10.8. The maximum atomic E-state index is 12.1. The highest BCUT2D eigenvalue weighted by atomic mass is 16.5. The Morgan fingerprint density at radius 1 is 1.48 bits per heavy atom. The van der Waals surface area contributed by atoms with Gasteiger partial charge in [0.1, 0.15) is 6.04 Å².